The topological polar surface area (TPSA) is 219 Å². The van der Waals surface area contributed by atoms with Gasteiger partial charge < -0.3 is 50.4 Å². The van der Waals surface area contributed by atoms with Crippen LogP contribution in [-0.2, 0) is 38.8 Å². The fourth-order valence-corrected chi connectivity index (χ4v) is 4.30. The lowest BCUT2D eigenvalue weighted by molar-refractivity contribution is -0.195. The van der Waals surface area contributed by atoms with Crippen LogP contribution in [0.2, 0.25) is 0 Å². The monoisotopic (exact) mass is 633 g/mol. The smallest absolute Gasteiger partial charge is 0.411 e. The lowest BCUT2D eigenvalue weighted by Crippen LogP contribution is -2.46. The van der Waals surface area contributed by atoms with E-state index >= 15 is 0 Å². The molecule has 1 aliphatic rings. The average molecular weight is 634 g/mol. The summed E-state index contributed by atoms with van der Waals surface area (Å²) in [6.07, 6.45) is -4.33. The minimum Gasteiger partial charge on any atom is -0.479 e. The Balaban J connectivity index is 1.77. The maximum absolute atomic E-state index is 13.4. The van der Waals surface area contributed by atoms with Gasteiger partial charge in [-0.25, -0.2) is 9.59 Å². The highest BCUT2D eigenvalue weighted by atomic mass is 16.7. The van der Waals surface area contributed by atoms with E-state index in [0.29, 0.717) is 22.4 Å². The molecule has 1 saturated heterocycles. The van der Waals surface area contributed by atoms with Gasteiger partial charge in [0.15, 0.2) is 6.10 Å². The number of amides is 2. The summed E-state index contributed by atoms with van der Waals surface area (Å²) < 4.78 is 22.6. The highest BCUT2D eigenvalue weighted by molar-refractivity contribution is 5.97. The predicted octanol–water partition coefficient (Wildman–Crippen LogP) is 2.01. The number of hydrogen-bond donors (Lipinski definition) is 7. The first-order valence-electron chi connectivity index (χ1n) is 14.4. The van der Waals surface area contributed by atoms with Crippen molar-refractivity contribution in [1.82, 2.24) is 5.32 Å². The normalized spacial score (nSPS) is 18.6. The summed E-state index contributed by atoms with van der Waals surface area (Å²) in [5.41, 5.74) is 6.39. The van der Waals surface area contributed by atoms with Crippen LogP contribution in [0.3, 0.4) is 0 Å². The number of anilines is 1. The largest absolute Gasteiger partial charge is 0.479 e. The van der Waals surface area contributed by atoms with Crippen molar-refractivity contribution in [3.63, 3.8) is 0 Å². The molecule has 8 N–H and O–H groups in total. The third-order valence-electron chi connectivity index (χ3n) is 6.73. The van der Waals surface area contributed by atoms with E-state index in [4.69, 9.17) is 24.7 Å². The molecular formula is C31H43N3O11. The van der Waals surface area contributed by atoms with Crippen LogP contribution in [0.25, 0.3) is 0 Å². The predicted molar refractivity (Wildman–Crippen MR) is 161 cm³/mol. The molecule has 3 rings (SSSR count). The van der Waals surface area contributed by atoms with Crippen LogP contribution in [0.15, 0.2) is 36.4 Å². The molecular weight excluding hydrogens is 590 g/mol. The molecule has 0 spiro atoms. The Hall–Kier alpha value is -3.79. The Bertz CT molecular complexity index is 1340. The first-order valence-corrected chi connectivity index (χ1v) is 14.4. The first-order chi connectivity index (χ1) is 21.1. The van der Waals surface area contributed by atoms with Crippen LogP contribution in [0, 0.1) is 0 Å². The zero-order chi connectivity index (χ0) is 33.4. The third-order valence-corrected chi connectivity index (χ3v) is 6.73. The first kappa shape index (κ1) is 35.7. The molecule has 2 amide bonds. The molecule has 0 saturated carbocycles. The average Bonchev–Trinajstić information content (AvgIpc) is 2.98. The Kier molecular flexibility index (Phi) is 12.3. The van der Waals surface area contributed by atoms with Gasteiger partial charge in [0.25, 0.3) is 5.91 Å². The molecule has 2 aromatic rings. The van der Waals surface area contributed by atoms with Crippen molar-refractivity contribution < 1.29 is 53.8 Å². The van der Waals surface area contributed by atoms with Crippen molar-refractivity contribution in [3.05, 3.63) is 58.7 Å². The van der Waals surface area contributed by atoms with Gasteiger partial charge in [0, 0.05) is 36.2 Å². The van der Waals surface area contributed by atoms with Gasteiger partial charge in [0.05, 0.1) is 37.1 Å². The second-order valence-electron chi connectivity index (χ2n) is 12.2. The van der Waals surface area contributed by atoms with Gasteiger partial charge >= 0.3 is 12.1 Å². The Morgan fingerprint density at radius 3 is 2.38 bits per heavy atom. The Morgan fingerprint density at radius 1 is 1.02 bits per heavy atom. The van der Waals surface area contributed by atoms with Gasteiger partial charge in [0.2, 0.25) is 6.29 Å². The number of nitrogens with one attached hydrogen (secondary N) is 2. The number of carbonyl (C=O) groups excluding carboxylic acids is 2. The SMILES string of the molecule is CC(C)(N)COC(C)(C)CNC(=O)c1cc(COC(=O)Nc2ccc(CO)cc2CO)ccc1OC1CC(O)CC(C(=O)O)O1. The summed E-state index contributed by atoms with van der Waals surface area (Å²) in [6.45, 7) is 6.73. The van der Waals surface area contributed by atoms with E-state index in [9.17, 15) is 34.8 Å². The molecule has 3 unspecified atom stereocenters. The summed E-state index contributed by atoms with van der Waals surface area (Å²) in [7, 11) is 0. The van der Waals surface area contributed by atoms with Gasteiger partial charge in [-0.2, -0.15) is 0 Å². The van der Waals surface area contributed by atoms with Gasteiger partial charge in [-0.3, -0.25) is 10.1 Å². The Morgan fingerprint density at radius 2 is 1.73 bits per heavy atom. The van der Waals surface area contributed by atoms with Crippen LogP contribution in [0.4, 0.5) is 10.5 Å². The molecule has 1 heterocycles. The molecule has 3 atom stereocenters. The molecule has 0 aromatic heterocycles. The molecule has 248 valence electrons. The van der Waals surface area contributed by atoms with Crippen LogP contribution < -0.4 is 21.1 Å². The van der Waals surface area contributed by atoms with E-state index in [0.717, 1.165) is 0 Å². The van der Waals surface area contributed by atoms with E-state index in [-0.39, 0.29) is 57.1 Å². The summed E-state index contributed by atoms with van der Waals surface area (Å²) in [5, 5.41) is 43.8. The number of ether oxygens (including phenoxy) is 4. The number of rotatable bonds is 14. The number of benzene rings is 2. The van der Waals surface area contributed by atoms with Gasteiger partial charge in [-0.05, 0) is 63.1 Å². The number of carboxylic acids is 1. The number of nitrogens with two attached hydrogens (primary N) is 1. The zero-order valence-electron chi connectivity index (χ0n) is 25.9. The second-order valence-corrected chi connectivity index (χ2v) is 12.2. The number of hydrogen-bond acceptors (Lipinski definition) is 11. The van der Waals surface area contributed by atoms with Crippen LogP contribution >= 0.6 is 0 Å². The lowest BCUT2D eigenvalue weighted by atomic mass is 10.0. The molecule has 1 fully saturated rings. The molecule has 45 heavy (non-hydrogen) atoms. The number of aliphatic carboxylic acids is 1. The molecule has 0 bridgehead atoms. The number of aliphatic hydroxyl groups is 3. The number of carboxylic acid groups (broad SMARTS) is 1. The highest BCUT2D eigenvalue weighted by Gasteiger charge is 2.34. The van der Waals surface area contributed by atoms with Gasteiger partial charge in [-0.1, -0.05) is 12.1 Å². The summed E-state index contributed by atoms with van der Waals surface area (Å²) >= 11 is 0. The van der Waals surface area contributed by atoms with Gasteiger partial charge in [-0.15, -0.1) is 0 Å². The minimum atomic E-state index is -1.28. The van der Waals surface area contributed by atoms with E-state index in [2.05, 4.69) is 10.6 Å². The van der Waals surface area contributed by atoms with Crippen molar-refractivity contribution in [2.45, 2.75) is 90.0 Å². The van der Waals surface area contributed by atoms with Crippen LogP contribution in [0.1, 0.15) is 67.6 Å². The van der Waals surface area contributed by atoms with E-state index in [1.54, 1.807) is 32.0 Å². The molecule has 0 aliphatic carbocycles. The molecule has 0 radical (unpaired) electrons. The number of aliphatic hydroxyl groups excluding tert-OH is 3. The fourth-order valence-electron chi connectivity index (χ4n) is 4.30. The Labute approximate surface area is 261 Å². The highest BCUT2D eigenvalue weighted by Crippen LogP contribution is 2.28. The maximum atomic E-state index is 13.4. The van der Waals surface area contributed by atoms with Crippen molar-refractivity contribution in [2.24, 2.45) is 5.73 Å². The van der Waals surface area contributed by atoms with Crippen molar-refractivity contribution in [3.8, 4) is 5.75 Å². The fraction of sp³-hybridized carbons (Fsp3) is 0.516. The minimum absolute atomic E-state index is 0.0132. The quantitative estimate of drug-likeness (QED) is 0.159. The molecule has 14 nitrogen and oxygen atoms in total. The van der Waals surface area contributed by atoms with Gasteiger partial charge in [0.1, 0.15) is 12.4 Å². The third kappa shape index (κ3) is 11.3. The number of carbonyl (C=O) groups is 3. The molecule has 2 aromatic carbocycles. The molecule has 14 heteroatoms. The zero-order valence-corrected chi connectivity index (χ0v) is 25.9. The van der Waals surface area contributed by atoms with Crippen molar-refractivity contribution in [1.29, 1.82) is 0 Å². The second kappa shape index (κ2) is 15.5. The van der Waals surface area contributed by atoms with E-state index in [1.807, 2.05) is 13.8 Å². The maximum Gasteiger partial charge on any atom is 0.411 e. The van der Waals surface area contributed by atoms with Crippen molar-refractivity contribution >= 4 is 23.7 Å². The van der Waals surface area contributed by atoms with E-state index in [1.165, 1.54) is 18.2 Å². The summed E-state index contributed by atoms with van der Waals surface area (Å²) in [5.74, 6) is -1.74. The van der Waals surface area contributed by atoms with Crippen molar-refractivity contribution in [2.75, 3.05) is 18.5 Å². The van der Waals surface area contributed by atoms with Crippen LogP contribution in [0.5, 0.6) is 5.75 Å². The summed E-state index contributed by atoms with van der Waals surface area (Å²) in [4.78, 5) is 37.4. The van der Waals surface area contributed by atoms with E-state index < -0.39 is 47.6 Å². The lowest BCUT2D eigenvalue weighted by Gasteiger charge is -2.32. The summed E-state index contributed by atoms with van der Waals surface area (Å²) in [6, 6.07) is 9.15. The molecule has 1 aliphatic heterocycles. The standard InChI is InChI=1S/C31H43N3O11/c1-30(2,32)17-43-31(3,4)16-33-27(38)22-10-19(6-8-24(22)44-26-12-21(37)11-25(45-26)28(39)40)15-42-29(41)34-23-7-5-18(13-35)9-20(23)14-36/h5-10,21,25-26,35-37H,11-17,32H2,1-4H3,(H,33,38)(H,34,41)(H,39,40). The van der Waals surface area contributed by atoms with Crippen LogP contribution in [-0.4, -0.2) is 81.2 Å².